The van der Waals surface area contributed by atoms with Gasteiger partial charge in [0.05, 0.1) is 21.2 Å². The SMILES string of the molecule is [2H]c1c(OC([2H])([2H])[2H])c([2H])c2ccc(C(C)C(=O)O)cc2c1[2H]. The van der Waals surface area contributed by atoms with Crippen LogP contribution in [0.1, 0.15) is 26.6 Å². The highest BCUT2D eigenvalue weighted by atomic mass is 16.5. The van der Waals surface area contributed by atoms with E-state index in [1.165, 1.54) is 25.1 Å². The molecule has 1 unspecified atom stereocenters. The van der Waals surface area contributed by atoms with Crippen LogP contribution in [-0.4, -0.2) is 18.1 Å². The Morgan fingerprint density at radius 1 is 1.47 bits per heavy atom. The van der Waals surface area contributed by atoms with Gasteiger partial charge in [-0.25, -0.2) is 0 Å². The third kappa shape index (κ3) is 2.23. The zero-order chi connectivity index (χ0) is 17.5. The number of hydrogen-bond acceptors (Lipinski definition) is 2. The van der Waals surface area contributed by atoms with Gasteiger partial charge >= 0.3 is 5.97 Å². The number of benzene rings is 2. The third-order valence-corrected chi connectivity index (χ3v) is 2.58. The Bertz CT molecular complexity index is 784. The minimum absolute atomic E-state index is 0.212. The van der Waals surface area contributed by atoms with E-state index in [4.69, 9.17) is 13.3 Å². The van der Waals surface area contributed by atoms with Gasteiger partial charge in [-0.3, -0.25) is 4.79 Å². The standard InChI is InChI=1S/C14H14O3/c1-9(14(15)16)10-3-4-12-8-13(17-2)6-5-11(12)7-10/h3-9H,1-2H3,(H,15,16)/i2D3,5D,6D,8D. The second-order valence-corrected chi connectivity index (χ2v) is 3.67. The first-order valence-corrected chi connectivity index (χ1v) is 4.98. The number of methoxy groups -OCH3 is 1. The molecule has 0 saturated heterocycles. The lowest BCUT2D eigenvalue weighted by atomic mass is 9.98. The summed E-state index contributed by atoms with van der Waals surface area (Å²) in [6.07, 6.45) is 0. The van der Waals surface area contributed by atoms with Gasteiger partial charge in [-0.1, -0.05) is 24.2 Å². The molecule has 0 aromatic heterocycles. The Kier molecular flexibility index (Phi) is 1.59. The molecule has 88 valence electrons. The van der Waals surface area contributed by atoms with E-state index < -0.39 is 30.7 Å². The first-order chi connectivity index (χ1) is 10.5. The quantitative estimate of drug-likeness (QED) is 0.891. The van der Waals surface area contributed by atoms with Crippen molar-refractivity contribution in [1.82, 2.24) is 0 Å². The minimum atomic E-state index is -2.83. The number of hydrogen-bond donors (Lipinski definition) is 1. The van der Waals surface area contributed by atoms with E-state index in [1.807, 2.05) is 0 Å². The summed E-state index contributed by atoms with van der Waals surface area (Å²) in [5.74, 6) is -2.32. The summed E-state index contributed by atoms with van der Waals surface area (Å²) in [7, 11) is -2.83. The molecule has 2 aromatic rings. The number of aliphatic carboxylic acids is 1. The van der Waals surface area contributed by atoms with Gasteiger partial charge in [0.15, 0.2) is 0 Å². The largest absolute Gasteiger partial charge is 0.497 e. The first kappa shape index (κ1) is 6.05. The van der Waals surface area contributed by atoms with E-state index in [9.17, 15) is 4.79 Å². The molecule has 0 bridgehead atoms. The molecule has 1 atom stereocenters. The van der Waals surface area contributed by atoms with Gasteiger partial charge in [0.1, 0.15) is 5.75 Å². The van der Waals surface area contributed by atoms with E-state index in [1.54, 1.807) is 0 Å². The van der Waals surface area contributed by atoms with Crippen LogP contribution in [0.15, 0.2) is 36.3 Å². The van der Waals surface area contributed by atoms with Gasteiger partial charge in [-0.05, 0) is 35.3 Å². The van der Waals surface area contributed by atoms with E-state index in [-0.39, 0.29) is 22.9 Å². The molecular formula is C14H14O3. The fraction of sp³-hybridized carbons (Fsp3) is 0.214. The van der Waals surface area contributed by atoms with Crippen LogP contribution in [0.2, 0.25) is 0 Å². The predicted molar refractivity (Wildman–Crippen MR) is 66.6 cm³/mol. The molecule has 0 radical (unpaired) electrons. The van der Waals surface area contributed by atoms with Crippen LogP contribution in [0.5, 0.6) is 5.75 Å². The average Bonchev–Trinajstić information content (AvgIpc) is 2.47. The Labute approximate surface area is 108 Å². The van der Waals surface area contributed by atoms with Crippen molar-refractivity contribution >= 4 is 16.7 Å². The van der Waals surface area contributed by atoms with E-state index >= 15 is 0 Å². The summed E-state index contributed by atoms with van der Waals surface area (Å²) in [4.78, 5) is 11.1. The Morgan fingerprint density at radius 3 is 3.00 bits per heavy atom. The molecule has 1 N–H and O–H groups in total. The fourth-order valence-electron chi connectivity index (χ4n) is 1.51. The summed E-state index contributed by atoms with van der Waals surface area (Å²) >= 11 is 0. The molecule has 2 aromatic carbocycles. The van der Waals surface area contributed by atoms with Crippen LogP contribution in [0.4, 0.5) is 0 Å². The molecule has 0 amide bonds. The van der Waals surface area contributed by atoms with Crippen molar-refractivity contribution in [1.29, 1.82) is 0 Å². The maximum Gasteiger partial charge on any atom is 0.310 e. The normalized spacial score (nSPS) is 18.2. The number of rotatable bonds is 3. The summed E-state index contributed by atoms with van der Waals surface area (Å²) < 4.78 is 49.9. The van der Waals surface area contributed by atoms with Crippen molar-refractivity contribution in [3.63, 3.8) is 0 Å². The van der Waals surface area contributed by atoms with E-state index in [0.29, 0.717) is 5.56 Å². The highest BCUT2D eigenvalue weighted by Crippen LogP contribution is 2.25. The molecule has 0 aliphatic carbocycles. The van der Waals surface area contributed by atoms with Crippen molar-refractivity contribution in [2.45, 2.75) is 12.8 Å². The second-order valence-electron chi connectivity index (χ2n) is 3.67. The lowest BCUT2D eigenvalue weighted by molar-refractivity contribution is -0.138. The van der Waals surface area contributed by atoms with Crippen LogP contribution in [0, 0.1) is 0 Å². The first-order valence-electron chi connectivity index (χ1n) is 7.98. The topological polar surface area (TPSA) is 46.5 Å². The molecule has 3 heteroatoms. The zero-order valence-electron chi connectivity index (χ0n) is 15.1. The number of carboxylic acids is 1. The predicted octanol–water partition coefficient (Wildman–Crippen LogP) is 3.04. The van der Waals surface area contributed by atoms with Crippen molar-refractivity contribution < 1.29 is 22.9 Å². The van der Waals surface area contributed by atoms with Gasteiger partial charge in [0.25, 0.3) is 0 Å². The monoisotopic (exact) mass is 236 g/mol. The van der Waals surface area contributed by atoms with E-state index in [2.05, 4.69) is 4.74 Å². The smallest absolute Gasteiger partial charge is 0.310 e. The Balaban J connectivity index is 2.70. The molecule has 0 aliphatic rings. The summed E-state index contributed by atoms with van der Waals surface area (Å²) in [5, 5.41) is 9.49. The van der Waals surface area contributed by atoms with Gasteiger partial charge in [-0.15, -0.1) is 0 Å². The fourth-order valence-corrected chi connectivity index (χ4v) is 1.51. The van der Waals surface area contributed by atoms with Crippen LogP contribution in [0.25, 0.3) is 10.8 Å². The number of fused-ring (bicyclic) bond motifs is 1. The number of ether oxygens (including phenoxy) is 1. The highest BCUT2D eigenvalue weighted by molar-refractivity contribution is 5.86. The zero-order valence-corrected chi connectivity index (χ0v) is 9.07. The lowest BCUT2D eigenvalue weighted by Gasteiger charge is -2.08. The maximum atomic E-state index is 11.1. The summed E-state index contributed by atoms with van der Waals surface area (Å²) in [5.41, 5.74) is 0.432. The minimum Gasteiger partial charge on any atom is -0.497 e. The molecule has 0 aliphatic heterocycles. The van der Waals surface area contributed by atoms with Crippen molar-refractivity contribution in [3.05, 3.63) is 41.9 Å². The van der Waals surface area contributed by atoms with Crippen molar-refractivity contribution in [3.8, 4) is 5.75 Å². The van der Waals surface area contributed by atoms with Crippen LogP contribution in [0.3, 0.4) is 0 Å². The van der Waals surface area contributed by atoms with Gasteiger partial charge < -0.3 is 9.84 Å². The molecule has 0 fully saturated rings. The van der Waals surface area contributed by atoms with Crippen LogP contribution in [-0.2, 0) is 4.79 Å². The van der Waals surface area contributed by atoms with Gasteiger partial charge in [-0.2, -0.15) is 0 Å². The molecule has 3 nitrogen and oxygen atoms in total. The molecule has 0 spiro atoms. The molecular weight excluding hydrogens is 216 g/mol. The second kappa shape index (κ2) is 4.45. The van der Waals surface area contributed by atoms with Gasteiger partial charge in [0, 0.05) is 0 Å². The lowest BCUT2D eigenvalue weighted by Crippen LogP contribution is -2.06. The van der Waals surface area contributed by atoms with Crippen molar-refractivity contribution in [2.75, 3.05) is 7.04 Å². The third-order valence-electron chi connectivity index (χ3n) is 2.58. The summed E-state index contributed by atoms with van der Waals surface area (Å²) in [6.45, 7) is 1.49. The highest BCUT2D eigenvalue weighted by Gasteiger charge is 2.13. The maximum absolute atomic E-state index is 11.1. The average molecular weight is 236 g/mol. The number of carbonyl (C=O) groups is 1. The Hall–Kier alpha value is -2.03. The van der Waals surface area contributed by atoms with Crippen molar-refractivity contribution in [2.24, 2.45) is 0 Å². The number of carboxylic acid groups (broad SMARTS) is 1. The Morgan fingerprint density at radius 2 is 2.29 bits per heavy atom. The van der Waals surface area contributed by atoms with Gasteiger partial charge in [0.2, 0.25) is 0 Å². The van der Waals surface area contributed by atoms with Crippen LogP contribution < -0.4 is 4.74 Å². The van der Waals surface area contributed by atoms with Crippen LogP contribution >= 0.6 is 0 Å². The molecule has 17 heavy (non-hydrogen) atoms. The molecule has 0 heterocycles. The molecule has 2 rings (SSSR count). The summed E-state index contributed by atoms with van der Waals surface area (Å²) in [6, 6.07) is 3.24. The van der Waals surface area contributed by atoms with E-state index in [0.717, 1.165) is 0 Å². The molecule has 0 saturated carbocycles.